The number of hydrogen-bond donors (Lipinski definition) is 3. The summed E-state index contributed by atoms with van der Waals surface area (Å²) in [6.07, 6.45) is 0. The molecule has 0 aliphatic heterocycles. The highest BCUT2D eigenvalue weighted by atomic mass is 16.4. The zero-order valence-electron chi connectivity index (χ0n) is 9.18. The van der Waals surface area contributed by atoms with Gasteiger partial charge in [0.25, 0.3) is 0 Å². The Morgan fingerprint density at radius 1 is 1.56 bits per heavy atom. The fourth-order valence-corrected chi connectivity index (χ4v) is 1.21. The first kappa shape index (κ1) is 12.6. The molecular formula is C11H16N2O3. The Hall–Kier alpha value is -1.46. The monoisotopic (exact) mass is 224 g/mol. The van der Waals surface area contributed by atoms with Crippen molar-refractivity contribution < 1.29 is 15.0 Å². The van der Waals surface area contributed by atoms with Crippen molar-refractivity contribution in [3.63, 3.8) is 0 Å². The van der Waals surface area contributed by atoms with E-state index in [2.05, 4.69) is 10.3 Å². The van der Waals surface area contributed by atoms with Crippen molar-refractivity contribution >= 4 is 5.97 Å². The fraction of sp³-hybridized carbons (Fsp3) is 0.455. The van der Waals surface area contributed by atoms with Crippen LogP contribution in [0.1, 0.15) is 23.1 Å². The lowest BCUT2D eigenvalue weighted by molar-refractivity contribution is 0.0690. The third-order valence-electron chi connectivity index (χ3n) is 2.14. The van der Waals surface area contributed by atoms with Crippen molar-refractivity contribution in [2.75, 3.05) is 13.2 Å². The summed E-state index contributed by atoms with van der Waals surface area (Å²) in [5.41, 5.74) is 0.736. The summed E-state index contributed by atoms with van der Waals surface area (Å²) < 4.78 is 0. The van der Waals surface area contributed by atoms with Gasteiger partial charge < -0.3 is 15.5 Å². The number of aromatic carboxylic acids is 1. The second kappa shape index (κ2) is 6.19. The lowest BCUT2D eigenvalue weighted by Gasteiger charge is -2.09. The van der Waals surface area contributed by atoms with Gasteiger partial charge >= 0.3 is 5.97 Å². The van der Waals surface area contributed by atoms with E-state index in [1.807, 2.05) is 6.92 Å². The van der Waals surface area contributed by atoms with Crippen LogP contribution in [0.3, 0.4) is 0 Å². The molecule has 1 aromatic heterocycles. The number of aliphatic hydroxyl groups is 1. The van der Waals surface area contributed by atoms with Crippen molar-refractivity contribution in [2.24, 2.45) is 5.92 Å². The summed E-state index contributed by atoms with van der Waals surface area (Å²) in [7, 11) is 0. The maximum absolute atomic E-state index is 10.7. The first-order chi connectivity index (χ1) is 7.63. The third kappa shape index (κ3) is 3.96. The molecular weight excluding hydrogens is 208 g/mol. The van der Waals surface area contributed by atoms with Gasteiger partial charge in [-0.05, 0) is 18.1 Å². The molecule has 0 bridgehead atoms. The van der Waals surface area contributed by atoms with E-state index in [0.717, 1.165) is 0 Å². The molecule has 0 aliphatic carbocycles. The Morgan fingerprint density at radius 3 is 2.94 bits per heavy atom. The molecule has 88 valence electrons. The molecule has 0 aromatic carbocycles. The maximum atomic E-state index is 10.7. The third-order valence-corrected chi connectivity index (χ3v) is 2.14. The minimum atomic E-state index is -1.02. The van der Waals surface area contributed by atoms with E-state index in [1.165, 1.54) is 6.07 Å². The highest BCUT2D eigenvalue weighted by molar-refractivity contribution is 5.85. The van der Waals surface area contributed by atoms with E-state index in [4.69, 9.17) is 10.2 Å². The number of carbonyl (C=O) groups is 1. The van der Waals surface area contributed by atoms with E-state index in [1.54, 1.807) is 12.1 Å². The highest BCUT2D eigenvalue weighted by Crippen LogP contribution is 1.99. The van der Waals surface area contributed by atoms with Crippen molar-refractivity contribution in [2.45, 2.75) is 13.5 Å². The SMILES string of the molecule is CC(CO)CNCc1cccc(C(=O)O)n1. The molecule has 0 fully saturated rings. The molecule has 0 saturated heterocycles. The Morgan fingerprint density at radius 2 is 2.31 bits per heavy atom. The Bertz CT molecular complexity index is 355. The number of nitrogens with one attached hydrogen (secondary N) is 1. The molecule has 0 radical (unpaired) electrons. The molecule has 1 aromatic rings. The predicted octanol–water partition coefficient (Wildman–Crippen LogP) is 0.498. The van der Waals surface area contributed by atoms with Crippen LogP contribution in [0.4, 0.5) is 0 Å². The average molecular weight is 224 g/mol. The van der Waals surface area contributed by atoms with Crippen LogP contribution in [-0.2, 0) is 6.54 Å². The highest BCUT2D eigenvalue weighted by Gasteiger charge is 2.05. The summed E-state index contributed by atoms with van der Waals surface area (Å²) in [5.74, 6) is -0.840. The van der Waals surface area contributed by atoms with Gasteiger partial charge in [-0.1, -0.05) is 13.0 Å². The minimum Gasteiger partial charge on any atom is -0.477 e. The van der Waals surface area contributed by atoms with E-state index in [9.17, 15) is 4.79 Å². The van der Waals surface area contributed by atoms with Gasteiger partial charge in [0, 0.05) is 19.7 Å². The number of nitrogens with zero attached hydrogens (tertiary/aromatic N) is 1. The first-order valence-corrected chi connectivity index (χ1v) is 5.14. The van der Waals surface area contributed by atoms with E-state index >= 15 is 0 Å². The largest absolute Gasteiger partial charge is 0.477 e. The van der Waals surface area contributed by atoms with Gasteiger partial charge in [-0.25, -0.2) is 9.78 Å². The summed E-state index contributed by atoms with van der Waals surface area (Å²) in [5, 5.41) is 20.7. The quantitative estimate of drug-likeness (QED) is 0.655. The van der Waals surface area contributed by atoms with E-state index in [0.29, 0.717) is 18.8 Å². The second-order valence-corrected chi connectivity index (χ2v) is 3.74. The number of pyridine rings is 1. The van der Waals surface area contributed by atoms with Crippen LogP contribution in [0.25, 0.3) is 0 Å². The van der Waals surface area contributed by atoms with Crippen LogP contribution >= 0.6 is 0 Å². The lowest BCUT2D eigenvalue weighted by atomic mass is 10.2. The topological polar surface area (TPSA) is 82.5 Å². The van der Waals surface area contributed by atoms with Gasteiger partial charge in [-0.3, -0.25) is 0 Å². The summed E-state index contributed by atoms with van der Waals surface area (Å²) >= 11 is 0. The summed E-state index contributed by atoms with van der Waals surface area (Å²) in [6.45, 7) is 3.24. The molecule has 1 unspecified atom stereocenters. The molecule has 16 heavy (non-hydrogen) atoms. The Balaban J connectivity index is 2.48. The number of carboxylic acid groups (broad SMARTS) is 1. The van der Waals surface area contributed by atoms with Crippen LogP contribution in [0.2, 0.25) is 0 Å². The molecule has 0 aliphatic rings. The van der Waals surface area contributed by atoms with Crippen LogP contribution in [0.5, 0.6) is 0 Å². The van der Waals surface area contributed by atoms with Crippen molar-refractivity contribution in [3.05, 3.63) is 29.6 Å². The van der Waals surface area contributed by atoms with Crippen LogP contribution in [-0.4, -0.2) is 34.3 Å². The number of hydrogen-bond acceptors (Lipinski definition) is 4. The molecule has 1 rings (SSSR count). The van der Waals surface area contributed by atoms with Crippen LogP contribution in [0, 0.1) is 5.92 Å². The van der Waals surface area contributed by atoms with Crippen LogP contribution < -0.4 is 5.32 Å². The van der Waals surface area contributed by atoms with Gasteiger partial charge in [0.1, 0.15) is 5.69 Å². The minimum absolute atomic E-state index is 0.0505. The smallest absolute Gasteiger partial charge is 0.354 e. The van der Waals surface area contributed by atoms with Crippen LogP contribution in [0.15, 0.2) is 18.2 Å². The average Bonchev–Trinajstić information content (AvgIpc) is 2.29. The molecule has 0 amide bonds. The number of aliphatic hydroxyl groups excluding tert-OH is 1. The van der Waals surface area contributed by atoms with E-state index in [-0.39, 0.29) is 18.2 Å². The maximum Gasteiger partial charge on any atom is 0.354 e. The number of aromatic nitrogens is 1. The van der Waals surface area contributed by atoms with E-state index < -0.39 is 5.97 Å². The summed E-state index contributed by atoms with van der Waals surface area (Å²) in [6, 6.07) is 4.90. The normalized spacial score (nSPS) is 12.4. The van der Waals surface area contributed by atoms with Gasteiger partial charge in [-0.15, -0.1) is 0 Å². The molecule has 5 heteroatoms. The lowest BCUT2D eigenvalue weighted by Crippen LogP contribution is -2.23. The molecule has 5 nitrogen and oxygen atoms in total. The zero-order chi connectivity index (χ0) is 12.0. The molecule has 0 spiro atoms. The zero-order valence-corrected chi connectivity index (χ0v) is 9.18. The van der Waals surface area contributed by atoms with Crippen molar-refractivity contribution in [1.29, 1.82) is 0 Å². The number of carboxylic acids is 1. The molecule has 1 atom stereocenters. The van der Waals surface area contributed by atoms with Crippen molar-refractivity contribution in [1.82, 2.24) is 10.3 Å². The predicted molar refractivity (Wildman–Crippen MR) is 59.2 cm³/mol. The second-order valence-electron chi connectivity index (χ2n) is 3.74. The Labute approximate surface area is 94.1 Å². The number of rotatable bonds is 6. The fourth-order valence-electron chi connectivity index (χ4n) is 1.21. The van der Waals surface area contributed by atoms with Gasteiger partial charge in [0.2, 0.25) is 0 Å². The molecule has 3 N–H and O–H groups in total. The molecule has 1 heterocycles. The van der Waals surface area contributed by atoms with Crippen molar-refractivity contribution in [3.8, 4) is 0 Å². The molecule has 0 saturated carbocycles. The van der Waals surface area contributed by atoms with Gasteiger partial charge in [-0.2, -0.15) is 0 Å². The summed E-state index contributed by atoms with van der Waals surface area (Å²) in [4.78, 5) is 14.6. The standard InChI is InChI=1S/C11H16N2O3/c1-8(7-14)5-12-6-9-3-2-4-10(13-9)11(15)16/h2-4,8,12,14H,5-7H2,1H3,(H,15,16). The van der Waals surface area contributed by atoms with Gasteiger partial charge in [0.15, 0.2) is 0 Å². The first-order valence-electron chi connectivity index (χ1n) is 5.14. The Kier molecular flexibility index (Phi) is 4.88. The van der Waals surface area contributed by atoms with Gasteiger partial charge in [0.05, 0.1) is 5.69 Å².